The normalized spacial score (nSPS) is 14.0. The number of carbonyl (C=O) groups is 1. The van der Waals surface area contributed by atoms with Gasteiger partial charge in [-0.25, -0.2) is 0 Å². The number of aromatic amines is 1. The maximum Gasteiger partial charge on any atom is 0.269 e. The molecule has 0 saturated heterocycles. The number of methoxy groups -OCH3 is 1. The van der Waals surface area contributed by atoms with E-state index in [1.54, 1.807) is 7.11 Å². The summed E-state index contributed by atoms with van der Waals surface area (Å²) in [5, 5.41) is 19.5. The Morgan fingerprint density at radius 1 is 1.38 bits per heavy atom. The van der Waals surface area contributed by atoms with E-state index in [9.17, 15) is 9.90 Å². The van der Waals surface area contributed by atoms with Crippen LogP contribution in [0.3, 0.4) is 0 Å². The number of hydrogen-bond donors (Lipinski definition) is 3. The molecule has 2 aromatic rings. The minimum atomic E-state index is -0.271. The fourth-order valence-corrected chi connectivity index (χ4v) is 3.17. The highest BCUT2D eigenvalue weighted by molar-refractivity contribution is 5.96. The van der Waals surface area contributed by atoms with Crippen molar-refractivity contribution in [1.82, 2.24) is 15.5 Å². The number of rotatable bonds is 5. The van der Waals surface area contributed by atoms with Gasteiger partial charge in [-0.05, 0) is 24.8 Å². The first-order valence-corrected chi connectivity index (χ1v) is 8.22. The van der Waals surface area contributed by atoms with Crippen LogP contribution in [0.15, 0.2) is 18.2 Å². The summed E-state index contributed by atoms with van der Waals surface area (Å²) < 4.78 is 5.43. The second kappa shape index (κ2) is 6.65. The molecule has 0 aliphatic heterocycles. The van der Waals surface area contributed by atoms with Gasteiger partial charge >= 0.3 is 0 Å². The van der Waals surface area contributed by atoms with Gasteiger partial charge in [-0.15, -0.1) is 0 Å². The fourth-order valence-electron chi connectivity index (χ4n) is 3.17. The molecular formula is C18H23N3O3. The molecular weight excluding hydrogens is 306 g/mol. The molecule has 1 aliphatic carbocycles. The molecule has 6 nitrogen and oxygen atoms in total. The van der Waals surface area contributed by atoms with Crippen molar-refractivity contribution in [2.24, 2.45) is 5.92 Å². The van der Waals surface area contributed by atoms with Gasteiger partial charge in [0.15, 0.2) is 0 Å². The van der Waals surface area contributed by atoms with Crippen molar-refractivity contribution in [1.29, 1.82) is 0 Å². The Morgan fingerprint density at radius 2 is 2.12 bits per heavy atom. The van der Waals surface area contributed by atoms with E-state index in [0.717, 1.165) is 41.0 Å². The molecule has 128 valence electrons. The lowest BCUT2D eigenvalue weighted by Crippen LogP contribution is -2.41. The van der Waals surface area contributed by atoms with E-state index in [1.807, 2.05) is 32.0 Å². The van der Waals surface area contributed by atoms with Gasteiger partial charge in [0, 0.05) is 16.7 Å². The van der Waals surface area contributed by atoms with E-state index in [1.165, 1.54) is 0 Å². The van der Waals surface area contributed by atoms with Crippen LogP contribution in [-0.2, 0) is 12.8 Å². The first-order valence-electron chi connectivity index (χ1n) is 8.22. The minimum absolute atomic E-state index is 0.0836. The highest BCUT2D eigenvalue weighted by Gasteiger charge is 2.28. The smallest absolute Gasteiger partial charge is 0.269 e. The van der Waals surface area contributed by atoms with Crippen LogP contribution >= 0.6 is 0 Å². The molecule has 0 saturated carbocycles. The number of H-pyrrole nitrogens is 1. The van der Waals surface area contributed by atoms with Crippen molar-refractivity contribution < 1.29 is 14.6 Å². The topological polar surface area (TPSA) is 87.2 Å². The third-order valence-corrected chi connectivity index (χ3v) is 4.65. The van der Waals surface area contributed by atoms with Crippen molar-refractivity contribution in [3.8, 4) is 17.0 Å². The van der Waals surface area contributed by atoms with Crippen molar-refractivity contribution >= 4 is 5.91 Å². The second-order valence-electron chi connectivity index (χ2n) is 6.42. The highest BCUT2D eigenvalue weighted by atomic mass is 16.5. The molecule has 1 amide bonds. The van der Waals surface area contributed by atoms with Crippen LogP contribution in [0.2, 0.25) is 0 Å². The Bertz CT molecular complexity index is 752. The number of aliphatic hydroxyl groups is 1. The van der Waals surface area contributed by atoms with Gasteiger partial charge in [0.25, 0.3) is 5.91 Å². The van der Waals surface area contributed by atoms with Crippen molar-refractivity contribution in [3.05, 3.63) is 35.0 Å². The molecule has 1 aromatic heterocycles. The average molecular weight is 329 g/mol. The number of hydrogen-bond acceptors (Lipinski definition) is 4. The van der Waals surface area contributed by atoms with E-state index in [4.69, 9.17) is 4.74 Å². The highest BCUT2D eigenvalue weighted by Crippen LogP contribution is 2.37. The number of nitrogens with zero attached hydrogens (tertiary/aromatic N) is 1. The molecule has 6 heteroatoms. The summed E-state index contributed by atoms with van der Waals surface area (Å²) in [6, 6.07) is 5.61. The number of carbonyl (C=O) groups excluding carboxylic acids is 1. The number of benzene rings is 1. The maximum absolute atomic E-state index is 12.6. The molecule has 1 aliphatic rings. The first-order chi connectivity index (χ1) is 11.6. The van der Waals surface area contributed by atoms with Crippen LogP contribution in [0, 0.1) is 5.92 Å². The predicted octanol–water partition coefficient (Wildman–Crippen LogP) is 1.93. The summed E-state index contributed by atoms with van der Waals surface area (Å²) in [6.07, 6.45) is 1.53. The lowest BCUT2D eigenvalue weighted by Gasteiger charge is -2.21. The van der Waals surface area contributed by atoms with Crippen LogP contribution in [-0.4, -0.2) is 41.0 Å². The zero-order valence-corrected chi connectivity index (χ0v) is 14.2. The molecule has 0 spiro atoms. The number of ether oxygens (including phenoxy) is 1. The average Bonchev–Trinajstić information content (AvgIpc) is 3.03. The Morgan fingerprint density at radius 3 is 2.79 bits per heavy atom. The Kier molecular flexibility index (Phi) is 4.57. The van der Waals surface area contributed by atoms with Gasteiger partial charge in [0.1, 0.15) is 11.4 Å². The van der Waals surface area contributed by atoms with Gasteiger partial charge < -0.3 is 15.2 Å². The molecule has 3 rings (SSSR count). The van der Waals surface area contributed by atoms with Gasteiger partial charge in [0.2, 0.25) is 0 Å². The largest absolute Gasteiger partial charge is 0.496 e. The quantitative estimate of drug-likeness (QED) is 0.782. The van der Waals surface area contributed by atoms with E-state index in [-0.39, 0.29) is 24.5 Å². The third kappa shape index (κ3) is 2.78. The molecule has 0 radical (unpaired) electrons. The summed E-state index contributed by atoms with van der Waals surface area (Å²) in [7, 11) is 1.66. The molecule has 1 aromatic carbocycles. The van der Waals surface area contributed by atoms with Crippen LogP contribution in [0.1, 0.15) is 35.5 Å². The van der Waals surface area contributed by atoms with Gasteiger partial charge in [-0.3, -0.25) is 9.89 Å². The summed E-state index contributed by atoms with van der Waals surface area (Å²) in [6.45, 7) is 3.85. The summed E-state index contributed by atoms with van der Waals surface area (Å²) in [5.41, 5.74) is 4.35. The standard InChI is InChI=1S/C18H23N3O3/c1-10(2)14(9-22)19-18(23)17-13-8-7-11-12(16(13)20-21-17)5-4-6-15(11)24-3/h4-6,10,14,22H,7-9H2,1-3H3,(H,19,23)(H,20,21)/t14-/m0/s1. The molecule has 0 bridgehead atoms. The second-order valence-corrected chi connectivity index (χ2v) is 6.42. The van der Waals surface area contributed by atoms with Crippen molar-refractivity contribution in [2.75, 3.05) is 13.7 Å². The van der Waals surface area contributed by atoms with Crippen LogP contribution in [0.4, 0.5) is 0 Å². The lowest BCUT2D eigenvalue weighted by molar-refractivity contribution is 0.0891. The monoisotopic (exact) mass is 329 g/mol. The van der Waals surface area contributed by atoms with Gasteiger partial charge in [0.05, 0.1) is 25.5 Å². The number of aromatic nitrogens is 2. The SMILES string of the molecule is COc1cccc2c1CCc1c-2n[nH]c1C(=O)N[C@@H](CO)C(C)C. The molecule has 1 heterocycles. The summed E-state index contributed by atoms with van der Waals surface area (Å²) >= 11 is 0. The van der Waals surface area contributed by atoms with E-state index < -0.39 is 0 Å². The van der Waals surface area contributed by atoms with Gasteiger partial charge in [-0.2, -0.15) is 5.10 Å². The molecule has 24 heavy (non-hydrogen) atoms. The Hall–Kier alpha value is -2.34. The fraction of sp³-hybridized carbons (Fsp3) is 0.444. The van der Waals surface area contributed by atoms with Crippen LogP contribution in [0.25, 0.3) is 11.3 Å². The predicted molar refractivity (Wildman–Crippen MR) is 91.2 cm³/mol. The number of fused-ring (bicyclic) bond motifs is 3. The Balaban J connectivity index is 1.93. The number of aliphatic hydroxyl groups excluding tert-OH is 1. The number of amides is 1. The van der Waals surface area contributed by atoms with E-state index in [2.05, 4.69) is 15.5 Å². The molecule has 1 atom stereocenters. The van der Waals surface area contributed by atoms with Crippen LogP contribution < -0.4 is 10.1 Å². The minimum Gasteiger partial charge on any atom is -0.496 e. The molecule has 0 unspecified atom stereocenters. The lowest BCUT2D eigenvalue weighted by atomic mass is 9.88. The van der Waals surface area contributed by atoms with E-state index in [0.29, 0.717) is 5.69 Å². The molecule has 3 N–H and O–H groups in total. The molecule has 0 fully saturated rings. The Labute approximate surface area is 141 Å². The first kappa shape index (κ1) is 16.5. The third-order valence-electron chi connectivity index (χ3n) is 4.65. The van der Waals surface area contributed by atoms with Crippen LogP contribution in [0.5, 0.6) is 5.75 Å². The maximum atomic E-state index is 12.6. The van der Waals surface area contributed by atoms with Crippen molar-refractivity contribution in [3.63, 3.8) is 0 Å². The van der Waals surface area contributed by atoms with E-state index >= 15 is 0 Å². The van der Waals surface area contributed by atoms with Gasteiger partial charge in [-0.1, -0.05) is 26.0 Å². The van der Waals surface area contributed by atoms with Crippen molar-refractivity contribution in [2.45, 2.75) is 32.7 Å². The zero-order valence-electron chi connectivity index (χ0n) is 14.2. The summed E-state index contributed by atoms with van der Waals surface area (Å²) in [4.78, 5) is 12.6. The summed E-state index contributed by atoms with van der Waals surface area (Å²) in [5.74, 6) is 0.790. The zero-order chi connectivity index (χ0) is 17.3. The number of nitrogens with one attached hydrogen (secondary N) is 2.